The van der Waals surface area contributed by atoms with Gasteiger partial charge >= 0.3 is 0 Å². The zero-order valence-electron chi connectivity index (χ0n) is 15.5. The number of hydrogen-bond acceptors (Lipinski definition) is 6. The van der Waals surface area contributed by atoms with Crippen LogP contribution in [-0.2, 0) is 6.42 Å². The number of nitro benzene ring substituents is 1. The highest BCUT2D eigenvalue weighted by Gasteiger charge is 2.21. The van der Waals surface area contributed by atoms with E-state index in [2.05, 4.69) is 11.9 Å². The normalized spacial score (nSPS) is 13.2. The molecule has 0 bridgehead atoms. The van der Waals surface area contributed by atoms with Crippen molar-refractivity contribution in [3.05, 3.63) is 69.8 Å². The second-order valence-electron chi connectivity index (χ2n) is 6.20. The van der Waals surface area contributed by atoms with Crippen LogP contribution in [0.5, 0.6) is 0 Å². The van der Waals surface area contributed by atoms with Crippen LogP contribution in [0.15, 0.2) is 53.5 Å². The van der Waals surface area contributed by atoms with Crippen molar-refractivity contribution in [2.45, 2.75) is 19.8 Å². The number of Topliss-reactive ketones (excluding diaryl/α,β-unsaturated/α-hetero) is 1. The molecule has 0 saturated heterocycles. The highest BCUT2D eigenvalue weighted by molar-refractivity contribution is 8.93. The molecule has 3 rings (SSSR count). The van der Waals surface area contributed by atoms with E-state index in [1.54, 1.807) is 23.9 Å². The minimum atomic E-state index is -0.429. The lowest BCUT2D eigenvalue weighted by atomic mass is 10.1. The van der Waals surface area contributed by atoms with Gasteiger partial charge in [-0.15, -0.1) is 17.0 Å². The summed E-state index contributed by atoms with van der Waals surface area (Å²) >= 11 is 1.61. The monoisotopic (exact) mass is 463 g/mol. The molecule has 1 heterocycles. The first-order chi connectivity index (χ1) is 13.1. The third-order valence-electron chi connectivity index (χ3n) is 4.37. The number of aryl methyl sites for hydroxylation is 1. The van der Waals surface area contributed by atoms with Crippen LogP contribution in [0.2, 0.25) is 0 Å². The van der Waals surface area contributed by atoms with Gasteiger partial charge in [-0.05, 0) is 30.5 Å². The van der Waals surface area contributed by atoms with Gasteiger partial charge in [0.25, 0.3) is 5.69 Å². The number of carbonyl (C=O) groups is 1. The van der Waals surface area contributed by atoms with Gasteiger partial charge in [0.2, 0.25) is 0 Å². The SMILES string of the molecule is Br.CCc1ccc(C(=O)CN(C2=NCCCS2)c2ccc([N+](=O)[O-])cc2)cc1. The molecule has 6 nitrogen and oxygen atoms in total. The molecule has 8 heteroatoms. The van der Waals surface area contributed by atoms with Gasteiger partial charge in [-0.3, -0.25) is 19.9 Å². The van der Waals surface area contributed by atoms with Crippen LogP contribution in [0.3, 0.4) is 0 Å². The van der Waals surface area contributed by atoms with Gasteiger partial charge in [-0.2, -0.15) is 0 Å². The fraction of sp³-hybridized carbons (Fsp3) is 0.300. The van der Waals surface area contributed by atoms with Crippen molar-refractivity contribution in [3.63, 3.8) is 0 Å². The fourth-order valence-electron chi connectivity index (χ4n) is 2.80. The molecule has 1 aliphatic rings. The zero-order chi connectivity index (χ0) is 19.2. The van der Waals surface area contributed by atoms with Crippen LogP contribution in [0.4, 0.5) is 11.4 Å². The molecule has 1 aliphatic heterocycles. The molecule has 0 spiro atoms. The number of anilines is 1. The van der Waals surface area contributed by atoms with Crippen molar-refractivity contribution >= 4 is 51.1 Å². The highest BCUT2D eigenvalue weighted by atomic mass is 79.9. The van der Waals surface area contributed by atoms with E-state index in [0.29, 0.717) is 5.56 Å². The van der Waals surface area contributed by atoms with E-state index in [-0.39, 0.29) is 35.0 Å². The van der Waals surface area contributed by atoms with E-state index in [4.69, 9.17) is 0 Å². The summed E-state index contributed by atoms with van der Waals surface area (Å²) in [6.45, 7) is 2.95. The molecule has 2 aromatic rings. The minimum Gasteiger partial charge on any atom is -0.313 e. The average molecular weight is 464 g/mol. The molecule has 0 fully saturated rings. The minimum absolute atomic E-state index is 0. The predicted octanol–water partition coefficient (Wildman–Crippen LogP) is 4.92. The lowest BCUT2D eigenvalue weighted by molar-refractivity contribution is -0.384. The number of ketones is 1. The van der Waals surface area contributed by atoms with E-state index in [1.165, 1.54) is 17.7 Å². The van der Waals surface area contributed by atoms with Crippen molar-refractivity contribution in [2.24, 2.45) is 4.99 Å². The Bertz CT molecular complexity index is 854. The molecule has 0 aliphatic carbocycles. The molecule has 0 atom stereocenters. The summed E-state index contributed by atoms with van der Waals surface area (Å²) in [5.41, 5.74) is 2.59. The Morgan fingerprint density at radius 2 is 1.86 bits per heavy atom. The number of hydrogen-bond donors (Lipinski definition) is 0. The van der Waals surface area contributed by atoms with Gasteiger partial charge in [0.15, 0.2) is 11.0 Å². The number of nitrogens with zero attached hydrogens (tertiary/aromatic N) is 3. The smallest absolute Gasteiger partial charge is 0.269 e. The molecule has 0 radical (unpaired) electrons. The van der Waals surface area contributed by atoms with Gasteiger partial charge < -0.3 is 4.90 Å². The van der Waals surface area contributed by atoms with Gasteiger partial charge in [0.05, 0.1) is 11.5 Å². The summed E-state index contributed by atoms with van der Waals surface area (Å²) in [5, 5.41) is 11.7. The molecule has 0 amide bonds. The molecule has 148 valence electrons. The second kappa shape index (κ2) is 10.4. The molecule has 0 saturated carbocycles. The van der Waals surface area contributed by atoms with E-state index in [0.717, 1.165) is 36.0 Å². The Hall–Kier alpha value is -2.19. The number of non-ortho nitro benzene ring substituents is 1. The van der Waals surface area contributed by atoms with E-state index >= 15 is 0 Å². The largest absolute Gasteiger partial charge is 0.313 e. The molecule has 0 N–H and O–H groups in total. The Labute approximate surface area is 179 Å². The number of rotatable bonds is 6. The van der Waals surface area contributed by atoms with Crippen LogP contribution in [-0.4, -0.2) is 34.7 Å². The van der Waals surface area contributed by atoms with Gasteiger partial charge in [0, 0.05) is 35.7 Å². The van der Waals surface area contributed by atoms with Crippen molar-refractivity contribution in [2.75, 3.05) is 23.7 Å². The third kappa shape index (κ3) is 5.42. The van der Waals surface area contributed by atoms with Crippen LogP contribution >= 0.6 is 28.7 Å². The quantitative estimate of drug-likeness (QED) is 0.345. The van der Waals surface area contributed by atoms with Crippen LogP contribution in [0.1, 0.15) is 29.3 Å². The number of halogens is 1. The Morgan fingerprint density at radius 3 is 2.39 bits per heavy atom. The van der Waals surface area contributed by atoms with Gasteiger partial charge in [-0.1, -0.05) is 43.0 Å². The van der Waals surface area contributed by atoms with E-state index < -0.39 is 4.92 Å². The maximum absolute atomic E-state index is 12.8. The second-order valence-corrected chi connectivity index (χ2v) is 7.26. The van der Waals surface area contributed by atoms with Crippen molar-refractivity contribution in [1.29, 1.82) is 0 Å². The fourth-order valence-corrected chi connectivity index (χ4v) is 3.76. The van der Waals surface area contributed by atoms with Gasteiger partial charge in [0.1, 0.15) is 0 Å². The van der Waals surface area contributed by atoms with Crippen molar-refractivity contribution in [1.82, 2.24) is 0 Å². The lowest BCUT2D eigenvalue weighted by Gasteiger charge is -2.27. The third-order valence-corrected chi connectivity index (χ3v) is 5.47. The maximum Gasteiger partial charge on any atom is 0.269 e. The first-order valence-corrected chi connectivity index (χ1v) is 9.88. The number of aliphatic imine (C=N–C) groups is 1. The number of nitro groups is 1. The summed E-state index contributed by atoms with van der Waals surface area (Å²) in [4.78, 5) is 29.7. The Morgan fingerprint density at radius 1 is 1.18 bits per heavy atom. The molecule has 28 heavy (non-hydrogen) atoms. The highest BCUT2D eigenvalue weighted by Crippen LogP contribution is 2.25. The lowest BCUT2D eigenvalue weighted by Crippen LogP contribution is -2.35. The average Bonchev–Trinajstić information content (AvgIpc) is 2.72. The molecule has 0 unspecified atom stereocenters. The number of thioether (sulfide) groups is 1. The topological polar surface area (TPSA) is 75.8 Å². The molecule has 0 aromatic heterocycles. The van der Waals surface area contributed by atoms with Crippen molar-refractivity contribution < 1.29 is 9.72 Å². The Balaban J connectivity index is 0.00000280. The summed E-state index contributed by atoms with van der Waals surface area (Å²) in [5.74, 6) is 0.937. The Kier molecular flexibility index (Phi) is 8.19. The van der Waals surface area contributed by atoms with E-state index in [9.17, 15) is 14.9 Å². The van der Waals surface area contributed by atoms with E-state index in [1.807, 2.05) is 29.2 Å². The van der Waals surface area contributed by atoms with Gasteiger partial charge in [-0.25, -0.2) is 0 Å². The number of benzene rings is 2. The number of amidine groups is 1. The summed E-state index contributed by atoms with van der Waals surface area (Å²) < 4.78 is 0. The summed E-state index contributed by atoms with van der Waals surface area (Å²) in [6.07, 6.45) is 1.94. The molecular formula is C20H22BrN3O3S. The maximum atomic E-state index is 12.8. The molecular weight excluding hydrogens is 442 g/mol. The number of carbonyl (C=O) groups excluding carboxylic acids is 1. The first-order valence-electron chi connectivity index (χ1n) is 8.90. The van der Waals surface area contributed by atoms with Crippen LogP contribution in [0.25, 0.3) is 0 Å². The zero-order valence-corrected chi connectivity index (χ0v) is 18.1. The first kappa shape index (κ1) is 22.1. The van der Waals surface area contributed by atoms with Crippen molar-refractivity contribution in [3.8, 4) is 0 Å². The summed E-state index contributed by atoms with van der Waals surface area (Å²) in [7, 11) is 0. The summed E-state index contributed by atoms with van der Waals surface area (Å²) in [6, 6.07) is 13.9. The standard InChI is InChI=1S/C20H21N3O3S.BrH/c1-2-15-4-6-16(7-5-15)19(24)14-22(20-21-12-3-13-27-20)17-8-10-18(11-9-17)23(25)26;/h4-11H,2-3,12-14H2,1H3;1H. The predicted molar refractivity (Wildman–Crippen MR) is 120 cm³/mol. The van der Waals surface area contributed by atoms with Crippen LogP contribution < -0.4 is 4.90 Å². The van der Waals surface area contributed by atoms with Crippen LogP contribution in [0, 0.1) is 10.1 Å². The molecule has 2 aromatic carbocycles.